The Hall–Kier alpha value is -2.17. The molecule has 2 aromatic rings. The number of amides is 1. The number of thioether (sulfide) groups is 1. The molecule has 0 radical (unpaired) electrons. The van der Waals surface area contributed by atoms with E-state index in [0.717, 1.165) is 25.7 Å². The second-order valence-corrected chi connectivity index (χ2v) is 10.8. The van der Waals surface area contributed by atoms with E-state index >= 15 is 0 Å². The fourth-order valence-electron chi connectivity index (χ4n) is 3.35. The number of aromatic amines is 1. The quantitative estimate of drug-likeness (QED) is 0.459. The molecule has 1 aliphatic heterocycles. The summed E-state index contributed by atoms with van der Waals surface area (Å²) in [7, 11) is -3.50. The third-order valence-corrected chi connectivity index (χ3v) is 7.91. The first-order valence-corrected chi connectivity index (χ1v) is 12.8. The van der Waals surface area contributed by atoms with Gasteiger partial charge in [0.05, 0.1) is 10.1 Å². The Bertz CT molecular complexity index is 1060. The van der Waals surface area contributed by atoms with Crippen LogP contribution >= 0.6 is 11.8 Å². The highest BCUT2D eigenvalue weighted by Gasteiger charge is 2.26. The Morgan fingerprint density at radius 3 is 2.55 bits per heavy atom. The lowest BCUT2D eigenvalue weighted by molar-refractivity contribution is -0.115. The first-order chi connectivity index (χ1) is 14.8. The van der Waals surface area contributed by atoms with Crippen molar-refractivity contribution in [2.45, 2.75) is 61.3 Å². The number of benzene rings is 1. The second-order valence-electron chi connectivity index (χ2n) is 7.53. The van der Waals surface area contributed by atoms with Crippen LogP contribution in [0.2, 0.25) is 0 Å². The van der Waals surface area contributed by atoms with Crippen molar-refractivity contribution in [1.82, 2.24) is 14.3 Å². The highest BCUT2D eigenvalue weighted by atomic mass is 32.2. The summed E-state index contributed by atoms with van der Waals surface area (Å²) in [4.78, 5) is 31.6. The number of aryl methyl sites for hydroxylation is 1. The first kappa shape index (κ1) is 23.5. The molecule has 1 unspecified atom stereocenters. The second kappa shape index (κ2) is 10.4. The van der Waals surface area contributed by atoms with Gasteiger partial charge in [0.1, 0.15) is 0 Å². The molecule has 1 amide bonds. The number of H-pyrrole nitrogens is 1. The van der Waals surface area contributed by atoms with Crippen LogP contribution in [-0.4, -0.2) is 46.9 Å². The Labute approximate surface area is 186 Å². The number of carbonyl (C=O) groups is 1. The van der Waals surface area contributed by atoms with Crippen LogP contribution in [0.25, 0.3) is 0 Å². The molecule has 0 aliphatic carbocycles. The topological polar surface area (TPSA) is 112 Å². The molecule has 1 atom stereocenters. The molecule has 0 spiro atoms. The van der Waals surface area contributed by atoms with Crippen molar-refractivity contribution in [2.75, 3.05) is 18.4 Å². The van der Waals surface area contributed by atoms with E-state index in [-0.39, 0.29) is 16.4 Å². The predicted molar refractivity (Wildman–Crippen MR) is 122 cm³/mol. The number of piperidine rings is 1. The minimum Gasteiger partial charge on any atom is -0.325 e. The lowest BCUT2D eigenvalue weighted by atomic mass is 10.2. The van der Waals surface area contributed by atoms with Crippen molar-refractivity contribution in [3.05, 3.63) is 46.4 Å². The molecule has 31 heavy (non-hydrogen) atoms. The maximum Gasteiger partial charge on any atom is 0.251 e. The number of hydrogen-bond acceptors (Lipinski definition) is 6. The molecule has 1 fully saturated rings. The zero-order valence-electron chi connectivity index (χ0n) is 17.8. The molecule has 8 nitrogen and oxygen atoms in total. The number of hydrogen-bond donors (Lipinski definition) is 2. The number of sulfonamides is 1. The van der Waals surface area contributed by atoms with E-state index in [9.17, 15) is 18.0 Å². The largest absolute Gasteiger partial charge is 0.325 e. The zero-order valence-corrected chi connectivity index (χ0v) is 19.4. The molecule has 1 saturated heterocycles. The number of nitrogens with zero attached hydrogens (tertiary/aromatic N) is 2. The Morgan fingerprint density at radius 2 is 1.90 bits per heavy atom. The highest BCUT2D eigenvalue weighted by molar-refractivity contribution is 8.00. The van der Waals surface area contributed by atoms with Crippen LogP contribution < -0.4 is 10.9 Å². The van der Waals surface area contributed by atoms with Gasteiger partial charge in [-0.2, -0.15) is 4.31 Å². The third-order valence-electron chi connectivity index (χ3n) is 5.01. The van der Waals surface area contributed by atoms with Gasteiger partial charge in [-0.15, -0.1) is 0 Å². The fraction of sp³-hybridized carbons (Fsp3) is 0.476. The average Bonchev–Trinajstić information content (AvgIpc) is 2.74. The van der Waals surface area contributed by atoms with Gasteiger partial charge in [-0.3, -0.25) is 9.59 Å². The van der Waals surface area contributed by atoms with Crippen LogP contribution in [0, 0.1) is 0 Å². The van der Waals surface area contributed by atoms with Crippen LogP contribution in [0.3, 0.4) is 0 Å². The Balaban J connectivity index is 1.63. The Kier molecular flexibility index (Phi) is 7.90. The van der Waals surface area contributed by atoms with Gasteiger partial charge in [0, 0.05) is 30.5 Å². The maximum atomic E-state index is 12.7. The summed E-state index contributed by atoms with van der Waals surface area (Å²) in [5.41, 5.74) is 0.974. The van der Waals surface area contributed by atoms with Crippen molar-refractivity contribution in [3.8, 4) is 0 Å². The van der Waals surface area contributed by atoms with Crippen LogP contribution in [0.15, 0.2) is 45.2 Å². The summed E-state index contributed by atoms with van der Waals surface area (Å²) in [6.45, 7) is 4.83. The van der Waals surface area contributed by atoms with Gasteiger partial charge >= 0.3 is 0 Å². The van der Waals surface area contributed by atoms with Gasteiger partial charge in [0.15, 0.2) is 5.16 Å². The third kappa shape index (κ3) is 6.18. The first-order valence-electron chi connectivity index (χ1n) is 10.5. The zero-order chi connectivity index (χ0) is 22.4. The minimum absolute atomic E-state index is 0.226. The molecule has 0 saturated carbocycles. The van der Waals surface area contributed by atoms with Crippen LogP contribution in [0.5, 0.6) is 0 Å². The smallest absolute Gasteiger partial charge is 0.251 e. The molecular weight excluding hydrogens is 436 g/mol. The number of anilines is 1. The van der Waals surface area contributed by atoms with Crippen molar-refractivity contribution in [2.24, 2.45) is 0 Å². The summed E-state index contributed by atoms with van der Waals surface area (Å²) in [5.74, 6) is -0.264. The van der Waals surface area contributed by atoms with Gasteiger partial charge in [-0.1, -0.05) is 31.5 Å². The van der Waals surface area contributed by atoms with E-state index in [1.165, 1.54) is 34.3 Å². The average molecular weight is 465 g/mol. The molecule has 3 rings (SSSR count). The van der Waals surface area contributed by atoms with Gasteiger partial charge in [-0.25, -0.2) is 13.4 Å². The molecule has 1 aromatic carbocycles. The monoisotopic (exact) mass is 464 g/mol. The summed E-state index contributed by atoms with van der Waals surface area (Å²) in [6.07, 6.45) is 4.39. The summed E-state index contributed by atoms with van der Waals surface area (Å²) >= 11 is 1.17. The summed E-state index contributed by atoms with van der Waals surface area (Å²) < 4.78 is 27.0. The molecule has 2 N–H and O–H groups in total. The molecule has 1 aliphatic rings. The molecule has 0 bridgehead atoms. The van der Waals surface area contributed by atoms with Crippen LogP contribution in [0.4, 0.5) is 5.69 Å². The fourth-order valence-corrected chi connectivity index (χ4v) is 5.70. The molecule has 2 heterocycles. The molecule has 1 aromatic heterocycles. The van der Waals surface area contributed by atoms with E-state index < -0.39 is 15.3 Å². The minimum atomic E-state index is -3.50. The predicted octanol–water partition coefficient (Wildman–Crippen LogP) is 3.02. The van der Waals surface area contributed by atoms with E-state index in [4.69, 9.17) is 0 Å². The number of carbonyl (C=O) groups excluding carboxylic acids is 1. The van der Waals surface area contributed by atoms with E-state index in [1.807, 2.05) is 6.92 Å². The number of rotatable bonds is 8. The number of nitrogens with one attached hydrogen (secondary N) is 2. The van der Waals surface area contributed by atoms with E-state index in [0.29, 0.717) is 36.0 Å². The normalized spacial score (nSPS) is 16.1. The van der Waals surface area contributed by atoms with Gasteiger partial charge in [0.25, 0.3) is 5.56 Å². The number of aromatic nitrogens is 2. The van der Waals surface area contributed by atoms with Crippen molar-refractivity contribution < 1.29 is 13.2 Å². The summed E-state index contributed by atoms with van der Waals surface area (Å²) in [5, 5.41) is 2.69. The molecular formula is C21H28N4O4S2. The van der Waals surface area contributed by atoms with Crippen molar-refractivity contribution in [3.63, 3.8) is 0 Å². The molecule has 168 valence electrons. The standard InChI is InChI=1S/C21H28N4O4S2/c1-3-7-17-14-19(26)24-21(23-17)30-15(2)20(27)22-16-8-10-18(11-9-16)31(28,29)25-12-5-4-6-13-25/h8-11,14-15H,3-7,12-13H2,1-2H3,(H,22,27)(H,23,24,26). The SMILES string of the molecule is CCCc1cc(=O)[nH]c(SC(C)C(=O)Nc2ccc(S(=O)(=O)N3CCCCC3)cc2)n1. The van der Waals surface area contributed by atoms with Crippen molar-refractivity contribution >= 4 is 33.4 Å². The van der Waals surface area contributed by atoms with E-state index in [1.54, 1.807) is 19.1 Å². The lowest BCUT2D eigenvalue weighted by Crippen LogP contribution is -2.35. The Morgan fingerprint density at radius 1 is 1.23 bits per heavy atom. The van der Waals surface area contributed by atoms with E-state index in [2.05, 4.69) is 15.3 Å². The van der Waals surface area contributed by atoms with Gasteiger partial charge in [-0.05, 0) is 50.5 Å². The molecule has 10 heteroatoms. The van der Waals surface area contributed by atoms with Crippen molar-refractivity contribution in [1.29, 1.82) is 0 Å². The van der Waals surface area contributed by atoms with Gasteiger partial charge < -0.3 is 10.3 Å². The van der Waals surface area contributed by atoms with Crippen LogP contribution in [-0.2, 0) is 21.2 Å². The summed E-state index contributed by atoms with van der Waals surface area (Å²) in [6, 6.07) is 7.69. The maximum absolute atomic E-state index is 12.7. The lowest BCUT2D eigenvalue weighted by Gasteiger charge is -2.25. The van der Waals surface area contributed by atoms with Crippen LogP contribution in [0.1, 0.15) is 45.2 Å². The highest BCUT2D eigenvalue weighted by Crippen LogP contribution is 2.23. The van der Waals surface area contributed by atoms with Gasteiger partial charge in [0.2, 0.25) is 15.9 Å².